The van der Waals surface area contributed by atoms with Crippen LogP contribution in [0.1, 0.15) is 16.7 Å². The molecular formula is C37H27NOS3Si. The third kappa shape index (κ3) is 3.07. The molecule has 6 heteroatoms. The van der Waals surface area contributed by atoms with Crippen LogP contribution < -0.4 is 10.4 Å². The first kappa shape index (κ1) is 24.7. The van der Waals surface area contributed by atoms with Gasteiger partial charge < -0.3 is 8.98 Å². The van der Waals surface area contributed by atoms with E-state index in [1.807, 2.05) is 34.0 Å². The molecule has 0 amide bonds. The molecule has 0 N–H and O–H groups in total. The number of aryl methyl sites for hydroxylation is 3. The molecule has 1 aliphatic heterocycles. The summed E-state index contributed by atoms with van der Waals surface area (Å²) in [4.78, 5) is 3.06. The number of thiophene rings is 3. The van der Waals surface area contributed by atoms with E-state index in [0.717, 1.165) is 11.2 Å². The van der Waals surface area contributed by atoms with Crippen molar-refractivity contribution >= 4 is 115 Å². The number of aromatic nitrogens is 1. The monoisotopic (exact) mass is 625 g/mol. The van der Waals surface area contributed by atoms with Gasteiger partial charge in [-0.15, -0.1) is 34.0 Å². The summed E-state index contributed by atoms with van der Waals surface area (Å²) in [7, 11) is -1.87. The lowest BCUT2D eigenvalue weighted by Gasteiger charge is -2.18. The van der Waals surface area contributed by atoms with Crippen LogP contribution in [0.5, 0.6) is 0 Å². The van der Waals surface area contributed by atoms with Gasteiger partial charge in [-0.05, 0) is 95.5 Å². The average Bonchev–Trinajstić information content (AvgIpc) is 3.78. The second-order valence-corrected chi connectivity index (χ2v) is 20.2. The van der Waals surface area contributed by atoms with Crippen LogP contribution in [0.2, 0.25) is 13.1 Å². The van der Waals surface area contributed by atoms with E-state index < -0.39 is 8.07 Å². The fourth-order valence-corrected chi connectivity index (χ4v) is 16.8. The number of rotatable bonds is 1. The predicted octanol–water partition coefficient (Wildman–Crippen LogP) is 10.9. The van der Waals surface area contributed by atoms with Gasteiger partial charge in [-0.3, -0.25) is 0 Å². The lowest BCUT2D eigenvalue weighted by Crippen LogP contribution is -2.49. The fourth-order valence-electron chi connectivity index (χ4n) is 7.57. The molecule has 0 atom stereocenters. The Morgan fingerprint density at radius 3 is 1.95 bits per heavy atom. The topological polar surface area (TPSA) is 18.1 Å². The van der Waals surface area contributed by atoms with Gasteiger partial charge in [-0.1, -0.05) is 49.0 Å². The van der Waals surface area contributed by atoms with Crippen LogP contribution in [-0.2, 0) is 0 Å². The molecule has 4 aromatic carbocycles. The number of fused-ring (bicyclic) bond motifs is 14. The second-order valence-electron chi connectivity index (χ2n) is 12.8. The van der Waals surface area contributed by atoms with Gasteiger partial charge in [0.2, 0.25) is 0 Å². The third-order valence-electron chi connectivity index (χ3n) is 9.54. The number of hydrogen-bond donors (Lipinski definition) is 0. The normalized spacial score (nSPS) is 14.3. The molecule has 9 aromatic rings. The molecule has 0 spiro atoms. The molecule has 10 rings (SSSR count). The van der Waals surface area contributed by atoms with Gasteiger partial charge in [0.1, 0.15) is 19.2 Å². The quantitative estimate of drug-likeness (QED) is 0.166. The average molecular weight is 626 g/mol. The van der Waals surface area contributed by atoms with Crippen molar-refractivity contribution in [3.05, 3.63) is 89.5 Å². The van der Waals surface area contributed by atoms with Crippen molar-refractivity contribution < 1.29 is 4.42 Å². The van der Waals surface area contributed by atoms with Crippen LogP contribution in [0.25, 0.3) is 78.0 Å². The molecule has 0 radical (unpaired) electrons. The molecule has 0 unspecified atom stereocenters. The minimum absolute atomic E-state index is 0.963. The van der Waals surface area contributed by atoms with Crippen LogP contribution in [0, 0.1) is 20.8 Å². The molecule has 0 aliphatic carbocycles. The minimum Gasteiger partial charge on any atom is -0.453 e. The Labute approximate surface area is 261 Å². The van der Waals surface area contributed by atoms with Crippen LogP contribution >= 0.6 is 34.0 Å². The Kier molecular flexibility index (Phi) is 4.64. The fraction of sp³-hybridized carbons (Fsp3) is 0.135. The van der Waals surface area contributed by atoms with Gasteiger partial charge in [-0.2, -0.15) is 0 Å². The van der Waals surface area contributed by atoms with E-state index in [9.17, 15) is 0 Å². The zero-order valence-electron chi connectivity index (χ0n) is 24.5. The molecule has 5 aromatic heterocycles. The zero-order chi connectivity index (χ0) is 28.9. The predicted molar refractivity (Wildman–Crippen MR) is 193 cm³/mol. The van der Waals surface area contributed by atoms with Gasteiger partial charge in [0, 0.05) is 40.3 Å². The highest BCUT2D eigenvalue weighted by Gasteiger charge is 2.43. The van der Waals surface area contributed by atoms with E-state index in [4.69, 9.17) is 4.42 Å². The lowest BCUT2D eigenvalue weighted by molar-refractivity contribution is 0.673. The van der Waals surface area contributed by atoms with E-state index in [0.29, 0.717) is 0 Å². The smallest absolute Gasteiger partial charge is 0.171 e. The largest absolute Gasteiger partial charge is 0.453 e. The maximum absolute atomic E-state index is 6.67. The van der Waals surface area contributed by atoms with Gasteiger partial charge in [-0.25, -0.2) is 0 Å². The van der Waals surface area contributed by atoms with Crippen molar-refractivity contribution in [2.45, 2.75) is 33.9 Å². The molecular weight excluding hydrogens is 599 g/mol. The van der Waals surface area contributed by atoms with Crippen molar-refractivity contribution in [1.82, 2.24) is 4.57 Å². The molecule has 0 saturated heterocycles. The summed E-state index contributed by atoms with van der Waals surface area (Å²) in [5.41, 5.74) is 9.42. The summed E-state index contributed by atoms with van der Waals surface area (Å²) in [5.74, 6) is 0. The first-order valence-electron chi connectivity index (χ1n) is 14.8. The summed E-state index contributed by atoms with van der Waals surface area (Å²) >= 11 is 5.91. The molecule has 2 nitrogen and oxygen atoms in total. The van der Waals surface area contributed by atoms with E-state index in [1.165, 1.54) is 83.5 Å². The number of nitrogens with zero attached hydrogens (tertiary/aromatic N) is 1. The molecule has 0 bridgehead atoms. The Bertz CT molecular complexity index is 2670. The minimum atomic E-state index is -1.87. The van der Waals surface area contributed by atoms with Crippen molar-refractivity contribution in [3.63, 3.8) is 0 Å². The molecule has 208 valence electrons. The lowest BCUT2D eigenvalue weighted by atomic mass is 10.1. The summed E-state index contributed by atoms with van der Waals surface area (Å²) in [6.07, 6.45) is 0. The van der Waals surface area contributed by atoms with Crippen molar-refractivity contribution in [2.75, 3.05) is 0 Å². The van der Waals surface area contributed by atoms with E-state index >= 15 is 0 Å². The Balaban J connectivity index is 1.31. The number of hydrogen-bond acceptors (Lipinski definition) is 4. The summed E-state index contributed by atoms with van der Waals surface area (Å²) in [6, 6.07) is 27.6. The molecule has 1 aliphatic rings. The van der Waals surface area contributed by atoms with Crippen molar-refractivity contribution in [2.24, 2.45) is 0 Å². The second kappa shape index (κ2) is 8.07. The summed E-state index contributed by atoms with van der Waals surface area (Å²) in [6.45, 7) is 11.6. The van der Waals surface area contributed by atoms with Crippen LogP contribution in [-0.4, -0.2) is 12.6 Å². The highest BCUT2D eigenvalue weighted by Crippen LogP contribution is 2.50. The Morgan fingerprint density at radius 1 is 0.581 bits per heavy atom. The van der Waals surface area contributed by atoms with E-state index in [1.54, 1.807) is 10.4 Å². The molecule has 0 fully saturated rings. The maximum Gasteiger partial charge on any atom is 0.171 e. The maximum atomic E-state index is 6.67. The Hall–Kier alpha value is -3.68. The molecule has 43 heavy (non-hydrogen) atoms. The van der Waals surface area contributed by atoms with Gasteiger partial charge in [0.05, 0.1) is 10.2 Å². The zero-order valence-corrected chi connectivity index (χ0v) is 28.0. The SMILES string of the molecule is Cc1ccc(-n2c3c4ccc(C)cc4oc3c3sc4cc5c6c(sc5cc4c32)-c2sc3cc(C)ccc3c2[Si]6(C)C)cc1. The van der Waals surface area contributed by atoms with E-state index in [2.05, 4.69) is 111 Å². The third-order valence-corrected chi connectivity index (χ3v) is 17.1. The summed E-state index contributed by atoms with van der Waals surface area (Å²) < 4.78 is 14.6. The summed E-state index contributed by atoms with van der Waals surface area (Å²) in [5, 5.41) is 8.74. The first-order valence-corrected chi connectivity index (χ1v) is 20.2. The van der Waals surface area contributed by atoms with E-state index in [-0.39, 0.29) is 0 Å². The number of benzene rings is 4. The van der Waals surface area contributed by atoms with Crippen LogP contribution in [0.15, 0.2) is 77.2 Å². The highest BCUT2D eigenvalue weighted by molar-refractivity contribution is 7.35. The Morgan fingerprint density at radius 2 is 1.19 bits per heavy atom. The van der Waals surface area contributed by atoms with Crippen molar-refractivity contribution in [3.8, 4) is 15.4 Å². The first-order chi connectivity index (χ1) is 20.8. The van der Waals surface area contributed by atoms with Crippen LogP contribution in [0.3, 0.4) is 0 Å². The highest BCUT2D eigenvalue weighted by atomic mass is 32.1. The molecule has 6 heterocycles. The standard InChI is InChI=1S/C37H27NOS3Si/c1-18-6-10-21(11-7-18)38-30-22-12-8-19(2)14-26(22)39-32(30)33-31(38)24-16-29-25(17-28(24)40-33)37-35(42-29)34-36(43(37,4)5)23-13-9-20(3)15-27(23)41-34/h6-17H,1-5H3. The number of furan rings is 1. The van der Waals surface area contributed by atoms with Crippen LogP contribution in [0.4, 0.5) is 0 Å². The van der Waals surface area contributed by atoms with Gasteiger partial charge in [0.15, 0.2) is 5.58 Å². The van der Waals surface area contributed by atoms with Crippen molar-refractivity contribution in [1.29, 1.82) is 0 Å². The van der Waals surface area contributed by atoms with Gasteiger partial charge >= 0.3 is 0 Å². The van der Waals surface area contributed by atoms with Gasteiger partial charge in [0.25, 0.3) is 0 Å². The molecule has 0 saturated carbocycles.